The van der Waals surface area contributed by atoms with Gasteiger partial charge in [0.15, 0.2) is 17.3 Å². The maximum Gasteiger partial charge on any atom is 0.163 e. The quantitative estimate of drug-likeness (QED) is 0.309. The van der Waals surface area contributed by atoms with Crippen LogP contribution in [0.2, 0.25) is 0 Å². The van der Waals surface area contributed by atoms with Crippen molar-refractivity contribution in [3.05, 3.63) is 82.7 Å². The second-order valence-electron chi connectivity index (χ2n) is 8.57. The number of rotatable bonds is 10. The molecule has 36 heavy (non-hydrogen) atoms. The Balaban J connectivity index is 1.64. The zero-order valence-electron chi connectivity index (χ0n) is 20.9. The number of methoxy groups -OCH3 is 3. The summed E-state index contributed by atoms with van der Waals surface area (Å²) >= 11 is 1.38. The first-order valence-corrected chi connectivity index (χ1v) is 12.5. The van der Waals surface area contributed by atoms with E-state index in [1.165, 1.54) is 11.5 Å². The third kappa shape index (κ3) is 5.42. The summed E-state index contributed by atoms with van der Waals surface area (Å²) in [5, 5.41) is 2.01. The van der Waals surface area contributed by atoms with Gasteiger partial charge in [-0.25, -0.2) is 0 Å². The number of aryl methyl sites for hydroxylation is 1. The van der Waals surface area contributed by atoms with Crippen molar-refractivity contribution < 1.29 is 19.0 Å². The van der Waals surface area contributed by atoms with Crippen LogP contribution in [-0.2, 0) is 17.6 Å². The van der Waals surface area contributed by atoms with Crippen LogP contribution in [0.1, 0.15) is 16.7 Å². The predicted molar refractivity (Wildman–Crippen MR) is 144 cm³/mol. The molecule has 4 rings (SSSR count). The summed E-state index contributed by atoms with van der Waals surface area (Å²) in [6, 6.07) is 19.1. The highest BCUT2D eigenvalue weighted by Gasteiger charge is 2.20. The minimum absolute atomic E-state index is 0.0338. The molecule has 0 radical (unpaired) electrons. The van der Waals surface area contributed by atoms with Crippen molar-refractivity contribution >= 4 is 17.3 Å². The van der Waals surface area contributed by atoms with Gasteiger partial charge < -0.3 is 19.9 Å². The number of nitrogens with two attached hydrogens (primary N) is 1. The molecular weight excluding hydrogens is 472 g/mol. The van der Waals surface area contributed by atoms with Crippen LogP contribution in [0.3, 0.4) is 0 Å². The van der Waals surface area contributed by atoms with E-state index in [2.05, 4.69) is 4.37 Å². The molecule has 1 aromatic heterocycles. The number of aromatic nitrogens is 1. The molecule has 7 heteroatoms. The number of ketones is 1. The van der Waals surface area contributed by atoms with E-state index in [4.69, 9.17) is 19.9 Å². The Kier molecular flexibility index (Phi) is 8.03. The molecule has 0 bridgehead atoms. The maximum absolute atomic E-state index is 13.0. The number of hydrogen-bond acceptors (Lipinski definition) is 7. The van der Waals surface area contributed by atoms with Gasteiger partial charge in [-0.3, -0.25) is 4.79 Å². The molecule has 0 spiro atoms. The van der Waals surface area contributed by atoms with Crippen molar-refractivity contribution in [2.75, 3.05) is 21.3 Å². The van der Waals surface area contributed by atoms with Gasteiger partial charge in [0.05, 0.1) is 33.1 Å². The molecule has 1 unspecified atom stereocenters. The predicted octanol–water partition coefficient (Wildman–Crippen LogP) is 5.49. The molecule has 0 aliphatic carbocycles. The first kappa shape index (κ1) is 25.4. The first-order chi connectivity index (χ1) is 17.4. The normalized spacial score (nSPS) is 11.7. The summed E-state index contributed by atoms with van der Waals surface area (Å²) in [6.45, 7) is 1.98. The molecule has 6 nitrogen and oxygen atoms in total. The van der Waals surface area contributed by atoms with Gasteiger partial charge in [0.25, 0.3) is 0 Å². The maximum atomic E-state index is 13.0. The van der Waals surface area contributed by atoms with E-state index >= 15 is 0 Å². The third-order valence-corrected chi connectivity index (χ3v) is 6.80. The fourth-order valence-corrected chi connectivity index (χ4v) is 5.04. The lowest BCUT2D eigenvalue weighted by Crippen LogP contribution is -2.34. The van der Waals surface area contributed by atoms with E-state index in [0.29, 0.717) is 23.7 Å². The number of nitrogens with zero attached hydrogens (tertiary/aromatic N) is 1. The lowest BCUT2D eigenvalue weighted by molar-refractivity contribution is -0.119. The second kappa shape index (κ2) is 11.4. The highest BCUT2D eigenvalue weighted by atomic mass is 32.1. The molecule has 1 atom stereocenters. The van der Waals surface area contributed by atoms with E-state index in [-0.39, 0.29) is 12.2 Å². The summed E-state index contributed by atoms with van der Waals surface area (Å²) in [7, 11) is 4.86. The van der Waals surface area contributed by atoms with Crippen molar-refractivity contribution in [3.63, 3.8) is 0 Å². The van der Waals surface area contributed by atoms with Crippen molar-refractivity contribution in [1.82, 2.24) is 4.37 Å². The summed E-state index contributed by atoms with van der Waals surface area (Å²) in [4.78, 5) is 13.0. The Morgan fingerprint density at radius 3 is 2.39 bits per heavy atom. The molecule has 0 saturated heterocycles. The van der Waals surface area contributed by atoms with E-state index in [0.717, 1.165) is 39.1 Å². The zero-order valence-corrected chi connectivity index (χ0v) is 21.7. The average Bonchev–Trinajstić information content (AvgIpc) is 3.38. The summed E-state index contributed by atoms with van der Waals surface area (Å²) in [5.41, 5.74) is 12.7. The van der Waals surface area contributed by atoms with Gasteiger partial charge in [-0.2, -0.15) is 4.37 Å². The van der Waals surface area contributed by atoms with E-state index in [1.807, 2.05) is 73.0 Å². The average molecular weight is 503 g/mol. The van der Waals surface area contributed by atoms with Crippen LogP contribution in [0.25, 0.3) is 22.4 Å². The molecule has 1 heterocycles. The van der Waals surface area contributed by atoms with Crippen LogP contribution in [0, 0.1) is 6.92 Å². The first-order valence-electron chi connectivity index (χ1n) is 11.6. The van der Waals surface area contributed by atoms with Crippen LogP contribution in [-0.4, -0.2) is 37.5 Å². The third-order valence-electron chi connectivity index (χ3n) is 6.18. The van der Waals surface area contributed by atoms with Crippen LogP contribution in [0.15, 0.2) is 66.0 Å². The van der Waals surface area contributed by atoms with Gasteiger partial charge in [-0.05, 0) is 65.8 Å². The fourth-order valence-electron chi connectivity index (χ4n) is 4.33. The number of carbonyl (C=O) groups is 1. The van der Waals surface area contributed by atoms with Gasteiger partial charge >= 0.3 is 0 Å². The number of hydrogen-bond donors (Lipinski definition) is 1. The minimum Gasteiger partial charge on any atom is -0.496 e. The van der Waals surface area contributed by atoms with Gasteiger partial charge in [-0.15, -0.1) is 0 Å². The fraction of sp³-hybridized carbons (Fsp3) is 0.241. The van der Waals surface area contributed by atoms with E-state index < -0.39 is 6.04 Å². The SMILES string of the molecule is COc1ccc(-c2csnc2-c2cc(C)c(OC)c(OC)c2)cc1CC(=O)C(N)Cc1ccccc1. The van der Waals surface area contributed by atoms with Crippen LogP contribution >= 0.6 is 11.5 Å². The van der Waals surface area contributed by atoms with Gasteiger partial charge in [0.2, 0.25) is 0 Å². The highest BCUT2D eigenvalue weighted by molar-refractivity contribution is 7.04. The second-order valence-corrected chi connectivity index (χ2v) is 9.20. The number of benzene rings is 3. The molecule has 0 aliphatic rings. The van der Waals surface area contributed by atoms with Crippen molar-refractivity contribution in [1.29, 1.82) is 0 Å². The molecule has 0 saturated carbocycles. The van der Waals surface area contributed by atoms with E-state index in [9.17, 15) is 4.79 Å². The molecular formula is C29H30N2O4S. The van der Waals surface area contributed by atoms with Crippen LogP contribution in [0.4, 0.5) is 0 Å². The smallest absolute Gasteiger partial charge is 0.163 e. The highest BCUT2D eigenvalue weighted by Crippen LogP contribution is 2.40. The number of ether oxygens (including phenoxy) is 3. The molecule has 0 aliphatic heterocycles. The largest absolute Gasteiger partial charge is 0.496 e. The molecule has 4 aromatic rings. The van der Waals surface area contributed by atoms with Crippen LogP contribution in [0.5, 0.6) is 17.2 Å². The standard InChI is InChI=1S/C29H30N2O4S/c1-18-12-22(16-27(34-3)29(18)35-4)28-23(17-36-31-28)20-10-11-26(33-2)21(14-20)15-25(32)24(30)13-19-8-6-5-7-9-19/h5-12,14,16-17,24H,13,15,30H2,1-4H3. The summed E-state index contributed by atoms with van der Waals surface area (Å²) in [5.74, 6) is 1.98. The molecule has 0 amide bonds. The molecule has 186 valence electrons. The number of carbonyl (C=O) groups excluding carboxylic acids is 1. The number of Topliss-reactive ketones (excluding diaryl/α,β-unsaturated/α-hetero) is 1. The van der Waals surface area contributed by atoms with Crippen molar-refractivity contribution in [2.45, 2.75) is 25.8 Å². The van der Waals surface area contributed by atoms with Gasteiger partial charge in [-0.1, -0.05) is 36.4 Å². The van der Waals surface area contributed by atoms with Crippen molar-refractivity contribution in [3.8, 4) is 39.6 Å². The Bertz CT molecular complexity index is 1350. The van der Waals surface area contributed by atoms with Gasteiger partial charge in [0, 0.05) is 28.5 Å². The molecule has 3 aromatic carbocycles. The minimum atomic E-state index is -0.589. The lowest BCUT2D eigenvalue weighted by atomic mass is 9.94. The lowest BCUT2D eigenvalue weighted by Gasteiger charge is -2.15. The van der Waals surface area contributed by atoms with Crippen LogP contribution < -0.4 is 19.9 Å². The van der Waals surface area contributed by atoms with Gasteiger partial charge in [0.1, 0.15) is 5.75 Å². The topological polar surface area (TPSA) is 83.7 Å². The Hall–Kier alpha value is -3.68. The Morgan fingerprint density at radius 1 is 0.944 bits per heavy atom. The molecule has 0 fully saturated rings. The summed E-state index contributed by atoms with van der Waals surface area (Å²) < 4.78 is 21.3. The monoisotopic (exact) mass is 502 g/mol. The Morgan fingerprint density at radius 2 is 1.69 bits per heavy atom. The Labute approximate surface area is 215 Å². The van der Waals surface area contributed by atoms with Crippen molar-refractivity contribution in [2.24, 2.45) is 5.73 Å². The molecule has 2 N–H and O–H groups in total. The van der Waals surface area contributed by atoms with E-state index in [1.54, 1.807) is 21.3 Å². The summed E-state index contributed by atoms with van der Waals surface area (Å²) in [6.07, 6.45) is 0.687. The zero-order chi connectivity index (χ0) is 25.7.